The van der Waals surface area contributed by atoms with Crippen molar-refractivity contribution >= 4 is 31.6 Å². The third kappa shape index (κ3) is 8.90. The Hall–Kier alpha value is -3.70. The number of aromatic nitrogens is 2. The predicted octanol–water partition coefficient (Wildman–Crippen LogP) is 6.72. The standard InChI is InChI=1S/C32H46N4O6Si/c1-9-11-15-40-29-18-27(35-31(38)41-14-10-2)26(17-28(29)39-6)30(37)36-13-12-23(24-19-33-22-34-20-24)16-25(36)21-42-43(7,8)32(3,4)5/h10,16-20,22,25H,2,9,11-15,21H2,1,3-8H3,(H,35,38)/t25-/m0/s1. The van der Waals surface area contributed by atoms with Gasteiger partial charge in [-0.15, -0.1) is 0 Å². The van der Waals surface area contributed by atoms with Gasteiger partial charge in [-0.1, -0.05) is 52.8 Å². The molecular formula is C32H46N4O6Si. The minimum atomic E-state index is -2.13. The second kappa shape index (κ2) is 15.2. The molecule has 234 valence electrons. The summed E-state index contributed by atoms with van der Waals surface area (Å²) in [4.78, 5) is 37.1. The molecule has 0 aliphatic carbocycles. The van der Waals surface area contributed by atoms with Gasteiger partial charge in [0.05, 0.1) is 37.6 Å². The van der Waals surface area contributed by atoms with Crippen molar-refractivity contribution in [2.24, 2.45) is 0 Å². The van der Waals surface area contributed by atoms with E-state index in [0.29, 0.717) is 37.7 Å². The number of benzene rings is 1. The fourth-order valence-electron chi connectivity index (χ4n) is 4.29. The molecule has 0 bridgehead atoms. The van der Waals surface area contributed by atoms with E-state index in [1.165, 1.54) is 19.5 Å². The molecule has 0 fully saturated rings. The fraction of sp³-hybridized carbons (Fsp3) is 0.500. The van der Waals surface area contributed by atoms with E-state index >= 15 is 0 Å². The SMILES string of the molecule is C=CCOC(=O)Nc1cc(OCCCC)c(OC)cc1C(=O)N1CCC(c2cncnc2)=C[C@H]1CO[Si](C)(C)C(C)(C)C. The number of hydrogen-bond acceptors (Lipinski definition) is 8. The zero-order valence-electron chi connectivity index (χ0n) is 26.6. The molecule has 0 saturated heterocycles. The van der Waals surface area contributed by atoms with Crippen molar-refractivity contribution < 1.29 is 28.2 Å². The first-order valence-electron chi connectivity index (χ1n) is 14.7. The first-order chi connectivity index (χ1) is 20.4. The molecule has 1 atom stereocenters. The van der Waals surface area contributed by atoms with Crippen LogP contribution in [0.2, 0.25) is 18.1 Å². The molecule has 0 radical (unpaired) electrons. The second-order valence-electron chi connectivity index (χ2n) is 12.0. The Morgan fingerprint density at radius 1 is 1.19 bits per heavy atom. The lowest BCUT2D eigenvalue weighted by atomic mass is 9.97. The highest BCUT2D eigenvalue weighted by Gasteiger charge is 2.39. The smallest absolute Gasteiger partial charge is 0.411 e. The monoisotopic (exact) mass is 610 g/mol. The number of hydrogen-bond donors (Lipinski definition) is 1. The van der Waals surface area contributed by atoms with Crippen LogP contribution in [0.15, 0.2) is 49.6 Å². The molecule has 0 saturated carbocycles. The van der Waals surface area contributed by atoms with E-state index in [1.54, 1.807) is 29.4 Å². The number of methoxy groups -OCH3 is 1. The van der Waals surface area contributed by atoms with Gasteiger partial charge in [0.2, 0.25) is 0 Å². The Labute approximate surface area is 256 Å². The molecule has 1 aromatic heterocycles. The van der Waals surface area contributed by atoms with Crippen molar-refractivity contribution in [1.29, 1.82) is 0 Å². The number of amides is 2. The number of carbonyl (C=O) groups excluding carboxylic acids is 2. The third-order valence-electron chi connectivity index (χ3n) is 7.89. The molecule has 2 amide bonds. The van der Waals surface area contributed by atoms with Crippen LogP contribution in [0.25, 0.3) is 5.57 Å². The summed E-state index contributed by atoms with van der Waals surface area (Å²) in [5.41, 5.74) is 2.49. The van der Waals surface area contributed by atoms with Gasteiger partial charge in [-0.3, -0.25) is 10.1 Å². The molecule has 1 aromatic carbocycles. The maximum Gasteiger partial charge on any atom is 0.411 e. The Morgan fingerprint density at radius 3 is 2.53 bits per heavy atom. The first-order valence-corrected chi connectivity index (χ1v) is 17.6. The number of nitrogens with one attached hydrogen (secondary N) is 1. The van der Waals surface area contributed by atoms with Crippen LogP contribution in [-0.4, -0.2) is 74.7 Å². The summed E-state index contributed by atoms with van der Waals surface area (Å²) >= 11 is 0. The number of carbonyl (C=O) groups is 2. The van der Waals surface area contributed by atoms with E-state index in [0.717, 1.165) is 24.0 Å². The molecule has 2 aromatic rings. The van der Waals surface area contributed by atoms with Gasteiger partial charge in [0.25, 0.3) is 5.91 Å². The normalized spacial score (nSPS) is 15.4. The fourth-order valence-corrected chi connectivity index (χ4v) is 5.31. The van der Waals surface area contributed by atoms with Gasteiger partial charge < -0.3 is 23.5 Å². The maximum absolute atomic E-state index is 14.4. The maximum atomic E-state index is 14.4. The van der Waals surface area contributed by atoms with Crippen LogP contribution in [0.5, 0.6) is 11.5 Å². The summed E-state index contributed by atoms with van der Waals surface area (Å²) in [5.74, 6) is 0.545. The van der Waals surface area contributed by atoms with E-state index in [4.69, 9.17) is 18.6 Å². The largest absolute Gasteiger partial charge is 0.493 e. The Balaban J connectivity index is 2.03. The zero-order valence-corrected chi connectivity index (χ0v) is 27.6. The molecule has 1 N–H and O–H groups in total. The highest BCUT2D eigenvalue weighted by molar-refractivity contribution is 6.74. The number of ether oxygens (including phenoxy) is 3. The van der Waals surface area contributed by atoms with Crippen molar-refractivity contribution in [2.75, 3.05) is 38.8 Å². The molecule has 10 nitrogen and oxygen atoms in total. The van der Waals surface area contributed by atoms with Gasteiger partial charge in [-0.25, -0.2) is 14.8 Å². The second-order valence-corrected chi connectivity index (χ2v) is 16.8. The molecule has 3 rings (SSSR count). The van der Waals surface area contributed by atoms with Gasteiger partial charge >= 0.3 is 6.09 Å². The van der Waals surface area contributed by atoms with Crippen LogP contribution in [0.4, 0.5) is 10.5 Å². The summed E-state index contributed by atoms with van der Waals surface area (Å²) < 4.78 is 23.3. The van der Waals surface area contributed by atoms with Gasteiger partial charge in [0.15, 0.2) is 19.8 Å². The van der Waals surface area contributed by atoms with Crippen molar-refractivity contribution in [1.82, 2.24) is 14.9 Å². The van der Waals surface area contributed by atoms with Gasteiger partial charge in [-0.05, 0) is 42.6 Å². The third-order valence-corrected chi connectivity index (χ3v) is 12.4. The Morgan fingerprint density at radius 2 is 1.91 bits per heavy atom. The minimum Gasteiger partial charge on any atom is -0.493 e. The van der Waals surface area contributed by atoms with E-state index < -0.39 is 14.4 Å². The Kier molecular flexibility index (Phi) is 11.9. The van der Waals surface area contributed by atoms with Crippen LogP contribution in [-0.2, 0) is 9.16 Å². The number of anilines is 1. The van der Waals surface area contributed by atoms with Crippen molar-refractivity contribution in [3.63, 3.8) is 0 Å². The quantitative estimate of drug-likeness (QED) is 0.151. The lowest BCUT2D eigenvalue weighted by Gasteiger charge is -2.40. The predicted molar refractivity (Wildman–Crippen MR) is 171 cm³/mol. The number of nitrogens with zero attached hydrogens (tertiary/aromatic N) is 3. The summed E-state index contributed by atoms with van der Waals surface area (Å²) in [5, 5.41) is 2.72. The van der Waals surface area contributed by atoms with Crippen LogP contribution in [0, 0.1) is 0 Å². The highest BCUT2D eigenvalue weighted by Crippen LogP contribution is 2.38. The van der Waals surface area contributed by atoms with Crippen LogP contribution < -0.4 is 14.8 Å². The number of unbranched alkanes of at least 4 members (excludes halogenated alkanes) is 1. The topological polar surface area (TPSA) is 112 Å². The first kappa shape index (κ1) is 33.8. The lowest BCUT2D eigenvalue weighted by Crippen LogP contribution is -2.49. The van der Waals surface area contributed by atoms with E-state index in [-0.39, 0.29) is 34.8 Å². The summed E-state index contributed by atoms with van der Waals surface area (Å²) in [6.45, 7) is 17.9. The molecule has 43 heavy (non-hydrogen) atoms. The molecule has 0 unspecified atom stereocenters. The summed E-state index contributed by atoms with van der Waals surface area (Å²) in [6, 6.07) is 2.87. The van der Waals surface area contributed by atoms with Crippen molar-refractivity contribution in [3.05, 3.63) is 60.7 Å². The lowest BCUT2D eigenvalue weighted by molar-refractivity contribution is 0.0654. The van der Waals surface area contributed by atoms with Crippen LogP contribution >= 0.6 is 0 Å². The van der Waals surface area contributed by atoms with E-state index in [9.17, 15) is 9.59 Å². The van der Waals surface area contributed by atoms with Crippen molar-refractivity contribution in [2.45, 2.75) is 71.1 Å². The van der Waals surface area contributed by atoms with Crippen LogP contribution in [0.1, 0.15) is 62.9 Å². The van der Waals surface area contributed by atoms with Crippen LogP contribution in [0.3, 0.4) is 0 Å². The van der Waals surface area contributed by atoms with Gasteiger partial charge in [0.1, 0.15) is 12.9 Å². The average molecular weight is 611 g/mol. The molecule has 11 heteroatoms. The molecular weight excluding hydrogens is 564 g/mol. The minimum absolute atomic E-state index is 0.000181. The van der Waals surface area contributed by atoms with E-state index in [2.05, 4.69) is 68.7 Å². The summed E-state index contributed by atoms with van der Waals surface area (Å²) in [7, 11) is -0.605. The zero-order chi connectivity index (χ0) is 31.6. The highest BCUT2D eigenvalue weighted by atomic mass is 28.4. The molecule has 1 aliphatic heterocycles. The summed E-state index contributed by atoms with van der Waals surface area (Å²) in [6.07, 6.45) is 10.3. The molecule has 1 aliphatic rings. The van der Waals surface area contributed by atoms with Gasteiger partial charge in [-0.2, -0.15) is 0 Å². The average Bonchev–Trinajstić information content (AvgIpc) is 2.98. The van der Waals surface area contributed by atoms with Gasteiger partial charge in [0, 0.05) is 30.6 Å². The number of rotatable bonds is 13. The van der Waals surface area contributed by atoms with E-state index in [1.807, 2.05) is 0 Å². The van der Waals surface area contributed by atoms with Crippen molar-refractivity contribution in [3.8, 4) is 11.5 Å². The molecule has 0 spiro atoms. The Bertz CT molecular complexity index is 1290. The molecule has 2 heterocycles.